The molecule has 4 nitrogen and oxygen atoms in total. The van der Waals surface area contributed by atoms with E-state index in [1.54, 1.807) is 6.07 Å². The minimum atomic E-state index is -0.842. The molecule has 1 N–H and O–H groups in total. The highest BCUT2D eigenvalue weighted by molar-refractivity contribution is 5.87. The van der Waals surface area contributed by atoms with E-state index >= 15 is 0 Å². The predicted octanol–water partition coefficient (Wildman–Crippen LogP) is 1.92. The zero-order chi connectivity index (χ0) is 13.2. The van der Waals surface area contributed by atoms with Gasteiger partial charge < -0.3 is 9.84 Å². The number of hydrogen-bond donors (Lipinski definition) is 1. The van der Waals surface area contributed by atoms with Gasteiger partial charge in [0.05, 0.1) is 5.56 Å². The van der Waals surface area contributed by atoms with Gasteiger partial charge in [0.1, 0.15) is 0 Å². The van der Waals surface area contributed by atoms with E-state index in [9.17, 15) is 4.79 Å². The fourth-order valence-electron chi connectivity index (χ4n) is 3.07. The number of carboxylic acids is 1. The number of carbonyl (C=O) groups is 1. The molecule has 0 aliphatic carbocycles. The largest absolute Gasteiger partial charge is 0.478 e. The SMILES string of the molecule is O=C(O)c1ccc2c(c1)CN(C1CCOCC1)CC2. The molecule has 19 heavy (non-hydrogen) atoms. The van der Waals surface area contributed by atoms with Gasteiger partial charge in [0.15, 0.2) is 0 Å². The van der Waals surface area contributed by atoms with E-state index in [0.29, 0.717) is 11.6 Å². The predicted molar refractivity (Wildman–Crippen MR) is 71.4 cm³/mol. The van der Waals surface area contributed by atoms with Crippen LogP contribution in [0.2, 0.25) is 0 Å². The number of fused-ring (bicyclic) bond motifs is 1. The minimum Gasteiger partial charge on any atom is -0.478 e. The van der Waals surface area contributed by atoms with Gasteiger partial charge in [-0.05, 0) is 42.5 Å². The van der Waals surface area contributed by atoms with Crippen molar-refractivity contribution >= 4 is 5.97 Å². The van der Waals surface area contributed by atoms with E-state index in [1.807, 2.05) is 12.1 Å². The standard InChI is InChI=1S/C15H19NO3/c17-15(18)12-2-1-11-3-6-16(10-13(11)9-12)14-4-7-19-8-5-14/h1-2,9,14H,3-8,10H2,(H,17,18). The zero-order valence-electron chi connectivity index (χ0n) is 11.0. The number of ether oxygens (including phenoxy) is 1. The van der Waals surface area contributed by atoms with Crippen LogP contribution in [0.1, 0.15) is 34.3 Å². The molecule has 1 aromatic carbocycles. The molecule has 0 aromatic heterocycles. The van der Waals surface area contributed by atoms with E-state index in [-0.39, 0.29) is 0 Å². The topological polar surface area (TPSA) is 49.8 Å². The molecule has 1 aromatic rings. The van der Waals surface area contributed by atoms with Gasteiger partial charge in [0.25, 0.3) is 0 Å². The summed E-state index contributed by atoms with van der Waals surface area (Å²) >= 11 is 0. The van der Waals surface area contributed by atoms with Gasteiger partial charge in [-0.3, -0.25) is 4.90 Å². The lowest BCUT2D eigenvalue weighted by Gasteiger charge is -2.37. The quantitative estimate of drug-likeness (QED) is 0.883. The maximum Gasteiger partial charge on any atom is 0.335 e. The van der Waals surface area contributed by atoms with E-state index < -0.39 is 5.97 Å². The summed E-state index contributed by atoms with van der Waals surface area (Å²) in [6.07, 6.45) is 3.20. The molecule has 0 unspecified atom stereocenters. The molecular formula is C15H19NO3. The minimum absolute atomic E-state index is 0.396. The van der Waals surface area contributed by atoms with Crippen LogP contribution in [0.5, 0.6) is 0 Å². The van der Waals surface area contributed by atoms with Crippen LogP contribution in [-0.2, 0) is 17.7 Å². The van der Waals surface area contributed by atoms with Crippen LogP contribution in [0.4, 0.5) is 0 Å². The molecule has 1 fully saturated rings. The summed E-state index contributed by atoms with van der Waals surface area (Å²) in [5.41, 5.74) is 2.87. The Morgan fingerprint density at radius 2 is 2.05 bits per heavy atom. The highest BCUT2D eigenvalue weighted by atomic mass is 16.5. The van der Waals surface area contributed by atoms with Crippen LogP contribution in [0.15, 0.2) is 18.2 Å². The van der Waals surface area contributed by atoms with Crippen molar-refractivity contribution in [3.8, 4) is 0 Å². The summed E-state index contributed by atoms with van der Waals surface area (Å²) in [5, 5.41) is 9.07. The van der Waals surface area contributed by atoms with Gasteiger partial charge >= 0.3 is 5.97 Å². The highest BCUT2D eigenvalue weighted by Crippen LogP contribution is 2.25. The lowest BCUT2D eigenvalue weighted by Crippen LogP contribution is -2.42. The molecule has 2 aliphatic rings. The Labute approximate surface area is 113 Å². The van der Waals surface area contributed by atoms with Crippen molar-refractivity contribution < 1.29 is 14.6 Å². The molecule has 0 bridgehead atoms. The van der Waals surface area contributed by atoms with Crippen LogP contribution < -0.4 is 0 Å². The van der Waals surface area contributed by atoms with Crippen LogP contribution in [-0.4, -0.2) is 41.8 Å². The van der Waals surface area contributed by atoms with Crippen molar-refractivity contribution in [2.24, 2.45) is 0 Å². The Bertz CT molecular complexity index is 480. The third-order valence-electron chi connectivity index (χ3n) is 4.20. The van der Waals surface area contributed by atoms with Crippen molar-refractivity contribution in [2.75, 3.05) is 19.8 Å². The number of rotatable bonds is 2. The zero-order valence-corrected chi connectivity index (χ0v) is 11.0. The van der Waals surface area contributed by atoms with Crippen molar-refractivity contribution in [1.29, 1.82) is 0 Å². The average Bonchev–Trinajstić information content (AvgIpc) is 2.47. The van der Waals surface area contributed by atoms with Gasteiger partial charge in [-0.2, -0.15) is 0 Å². The molecule has 0 radical (unpaired) electrons. The molecule has 1 saturated heterocycles. The Hall–Kier alpha value is -1.39. The summed E-state index contributed by atoms with van der Waals surface area (Å²) in [6, 6.07) is 6.12. The van der Waals surface area contributed by atoms with Crippen LogP contribution in [0.3, 0.4) is 0 Å². The monoisotopic (exact) mass is 261 g/mol. The van der Waals surface area contributed by atoms with Gasteiger partial charge in [-0.25, -0.2) is 4.79 Å². The third kappa shape index (κ3) is 2.65. The summed E-state index contributed by atoms with van der Waals surface area (Å²) in [5.74, 6) is -0.842. The van der Waals surface area contributed by atoms with Crippen LogP contribution >= 0.6 is 0 Å². The van der Waals surface area contributed by atoms with Gasteiger partial charge in [0.2, 0.25) is 0 Å². The number of aromatic carboxylic acids is 1. The molecule has 0 spiro atoms. The van der Waals surface area contributed by atoms with Crippen molar-refractivity contribution in [3.05, 3.63) is 34.9 Å². The van der Waals surface area contributed by atoms with Crippen LogP contribution in [0, 0.1) is 0 Å². The smallest absolute Gasteiger partial charge is 0.335 e. The van der Waals surface area contributed by atoms with Crippen molar-refractivity contribution in [1.82, 2.24) is 4.90 Å². The number of hydrogen-bond acceptors (Lipinski definition) is 3. The molecule has 3 rings (SSSR count). The molecule has 2 heterocycles. The molecule has 0 saturated carbocycles. The summed E-state index contributed by atoms with van der Waals surface area (Å²) in [6.45, 7) is 3.65. The van der Waals surface area contributed by atoms with Gasteiger partial charge in [-0.15, -0.1) is 0 Å². The number of benzene rings is 1. The second-order valence-electron chi connectivity index (χ2n) is 5.35. The first kappa shape index (κ1) is 12.6. The number of carboxylic acid groups (broad SMARTS) is 1. The molecule has 0 atom stereocenters. The lowest BCUT2D eigenvalue weighted by atomic mass is 9.95. The average molecular weight is 261 g/mol. The molecule has 102 valence electrons. The highest BCUT2D eigenvalue weighted by Gasteiger charge is 2.25. The van der Waals surface area contributed by atoms with Gasteiger partial charge in [0, 0.05) is 32.3 Å². The third-order valence-corrected chi connectivity index (χ3v) is 4.20. The fraction of sp³-hybridized carbons (Fsp3) is 0.533. The molecule has 4 heteroatoms. The Morgan fingerprint density at radius 3 is 2.79 bits per heavy atom. The Morgan fingerprint density at radius 1 is 1.26 bits per heavy atom. The maximum absolute atomic E-state index is 11.0. The Balaban J connectivity index is 1.77. The second kappa shape index (κ2) is 5.31. The van der Waals surface area contributed by atoms with E-state index in [0.717, 1.165) is 45.6 Å². The van der Waals surface area contributed by atoms with Crippen molar-refractivity contribution in [2.45, 2.75) is 31.8 Å². The number of nitrogens with zero attached hydrogens (tertiary/aromatic N) is 1. The first-order chi connectivity index (χ1) is 9.24. The molecular weight excluding hydrogens is 242 g/mol. The van der Waals surface area contributed by atoms with E-state index in [4.69, 9.17) is 9.84 Å². The maximum atomic E-state index is 11.0. The second-order valence-corrected chi connectivity index (χ2v) is 5.35. The lowest BCUT2D eigenvalue weighted by molar-refractivity contribution is 0.0290. The first-order valence-corrected chi connectivity index (χ1v) is 6.91. The van der Waals surface area contributed by atoms with E-state index in [1.165, 1.54) is 11.1 Å². The summed E-state index contributed by atoms with van der Waals surface area (Å²) in [7, 11) is 0. The summed E-state index contributed by atoms with van der Waals surface area (Å²) in [4.78, 5) is 13.5. The molecule has 2 aliphatic heterocycles. The fourth-order valence-corrected chi connectivity index (χ4v) is 3.07. The van der Waals surface area contributed by atoms with E-state index in [2.05, 4.69) is 4.90 Å². The van der Waals surface area contributed by atoms with Crippen LogP contribution in [0.25, 0.3) is 0 Å². The molecule has 0 amide bonds. The Kier molecular flexibility index (Phi) is 3.53. The van der Waals surface area contributed by atoms with Crippen molar-refractivity contribution in [3.63, 3.8) is 0 Å². The summed E-state index contributed by atoms with van der Waals surface area (Å²) < 4.78 is 5.41. The normalized spacial score (nSPS) is 21.1. The first-order valence-electron chi connectivity index (χ1n) is 6.91. The van der Waals surface area contributed by atoms with Gasteiger partial charge in [-0.1, -0.05) is 6.07 Å².